The average molecular weight is 279 g/mol. The maximum atomic E-state index is 12.1. The molecule has 1 heterocycles. The van der Waals surface area contributed by atoms with Crippen LogP contribution < -0.4 is 4.74 Å². The number of hydrogen-bond acceptors (Lipinski definition) is 3. The van der Waals surface area contributed by atoms with E-state index in [0.29, 0.717) is 12.0 Å². The number of benzene rings is 1. The lowest BCUT2D eigenvalue weighted by Crippen LogP contribution is -2.05. The molecule has 106 valence electrons. The minimum Gasteiger partial charge on any atom is -0.435 e. The van der Waals surface area contributed by atoms with Gasteiger partial charge in [0.1, 0.15) is 5.75 Å². The number of aromatic nitrogens is 1. The number of ether oxygens (including phenoxy) is 1. The SMILES string of the molecule is Cc1ccc(CC(O)c2cccc(OC(F)F)c2)nc1. The molecule has 0 saturated carbocycles. The van der Waals surface area contributed by atoms with Crippen molar-refractivity contribution in [3.8, 4) is 5.75 Å². The van der Waals surface area contributed by atoms with Crippen LogP contribution in [-0.2, 0) is 6.42 Å². The Morgan fingerprint density at radius 1 is 1.25 bits per heavy atom. The Morgan fingerprint density at radius 3 is 2.70 bits per heavy atom. The van der Waals surface area contributed by atoms with E-state index in [1.165, 1.54) is 12.1 Å². The molecule has 0 aliphatic rings. The van der Waals surface area contributed by atoms with Crippen LogP contribution in [0.3, 0.4) is 0 Å². The third-order valence-electron chi connectivity index (χ3n) is 2.84. The zero-order valence-corrected chi connectivity index (χ0v) is 11.0. The van der Waals surface area contributed by atoms with E-state index in [0.717, 1.165) is 11.3 Å². The monoisotopic (exact) mass is 279 g/mol. The van der Waals surface area contributed by atoms with Gasteiger partial charge in [-0.05, 0) is 36.2 Å². The Kier molecular flexibility index (Phi) is 4.63. The van der Waals surface area contributed by atoms with E-state index in [1.807, 2.05) is 19.1 Å². The van der Waals surface area contributed by atoms with Gasteiger partial charge < -0.3 is 9.84 Å². The summed E-state index contributed by atoms with van der Waals surface area (Å²) in [5, 5.41) is 10.1. The first-order valence-corrected chi connectivity index (χ1v) is 6.19. The summed E-state index contributed by atoms with van der Waals surface area (Å²) in [6.45, 7) is -0.945. The summed E-state index contributed by atoms with van der Waals surface area (Å²) in [6, 6.07) is 9.80. The second-order valence-corrected chi connectivity index (χ2v) is 4.50. The quantitative estimate of drug-likeness (QED) is 0.913. The molecule has 1 aromatic carbocycles. The van der Waals surface area contributed by atoms with Crippen molar-refractivity contribution in [1.29, 1.82) is 0 Å². The van der Waals surface area contributed by atoms with Crippen molar-refractivity contribution >= 4 is 0 Å². The van der Waals surface area contributed by atoms with E-state index in [-0.39, 0.29) is 5.75 Å². The van der Waals surface area contributed by atoms with Gasteiger partial charge in [-0.25, -0.2) is 0 Å². The number of aryl methyl sites for hydroxylation is 1. The van der Waals surface area contributed by atoms with Gasteiger partial charge in [-0.15, -0.1) is 0 Å². The third-order valence-corrected chi connectivity index (χ3v) is 2.84. The number of rotatable bonds is 5. The molecule has 0 spiro atoms. The number of hydrogen-bond donors (Lipinski definition) is 1. The second-order valence-electron chi connectivity index (χ2n) is 4.50. The number of nitrogens with zero attached hydrogens (tertiary/aromatic N) is 1. The van der Waals surface area contributed by atoms with Gasteiger partial charge in [0, 0.05) is 18.3 Å². The fraction of sp³-hybridized carbons (Fsp3) is 0.267. The van der Waals surface area contributed by atoms with Gasteiger partial charge in [0.15, 0.2) is 0 Å². The van der Waals surface area contributed by atoms with Crippen molar-refractivity contribution < 1.29 is 18.6 Å². The lowest BCUT2D eigenvalue weighted by molar-refractivity contribution is -0.0499. The van der Waals surface area contributed by atoms with Crippen molar-refractivity contribution in [2.75, 3.05) is 0 Å². The van der Waals surface area contributed by atoms with E-state index in [9.17, 15) is 13.9 Å². The van der Waals surface area contributed by atoms with Crippen LogP contribution in [0.25, 0.3) is 0 Å². The third kappa shape index (κ3) is 3.99. The summed E-state index contributed by atoms with van der Waals surface area (Å²) in [6.07, 6.45) is 1.22. The standard InChI is InChI=1S/C15H15F2NO2/c1-10-5-6-12(18-9-10)8-14(19)11-3-2-4-13(7-11)20-15(16)17/h2-7,9,14-15,19H,8H2,1H3. The number of alkyl halides is 2. The molecule has 2 rings (SSSR count). The Morgan fingerprint density at radius 2 is 2.05 bits per heavy atom. The first-order valence-electron chi connectivity index (χ1n) is 6.19. The molecule has 2 aromatic rings. The molecule has 0 amide bonds. The van der Waals surface area contributed by atoms with E-state index >= 15 is 0 Å². The zero-order valence-electron chi connectivity index (χ0n) is 11.0. The highest BCUT2D eigenvalue weighted by Gasteiger charge is 2.12. The zero-order chi connectivity index (χ0) is 14.5. The van der Waals surface area contributed by atoms with Gasteiger partial charge in [-0.1, -0.05) is 18.2 Å². The highest BCUT2D eigenvalue weighted by Crippen LogP contribution is 2.23. The molecular formula is C15H15F2NO2. The predicted octanol–water partition coefficient (Wildman–Crippen LogP) is 3.27. The number of aliphatic hydroxyl groups is 1. The molecule has 0 fully saturated rings. The average Bonchev–Trinajstić information content (AvgIpc) is 2.41. The van der Waals surface area contributed by atoms with Gasteiger partial charge in [0.2, 0.25) is 0 Å². The maximum Gasteiger partial charge on any atom is 0.387 e. The summed E-state index contributed by atoms with van der Waals surface area (Å²) >= 11 is 0. The molecule has 0 bridgehead atoms. The Bertz CT molecular complexity index is 558. The number of aliphatic hydroxyl groups excluding tert-OH is 1. The van der Waals surface area contributed by atoms with Crippen LogP contribution in [-0.4, -0.2) is 16.7 Å². The van der Waals surface area contributed by atoms with Crippen LogP contribution in [0.15, 0.2) is 42.6 Å². The fourth-order valence-electron chi connectivity index (χ4n) is 1.83. The summed E-state index contributed by atoms with van der Waals surface area (Å²) in [4.78, 5) is 4.20. The molecule has 0 radical (unpaired) electrons. The van der Waals surface area contributed by atoms with Crippen molar-refractivity contribution in [1.82, 2.24) is 4.98 Å². The maximum absolute atomic E-state index is 12.1. The van der Waals surface area contributed by atoms with Gasteiger partial charge in [0.05, 0.1) is 6.10 Å². The number of halogens is 2. The normalized spacial score (nSPS) is 12.4. The van der Waals surface area contributed by atoms with Crippen LogP contribution in [0.5, 0.6) is 5.75 Å². The molecule has 1 N–H and O–H groups in total. The Labute approximate surface area is 115 Å². The van der Waals surface area contributed by atoms with Crippen LogP contribution in [0.1, 0.15) is 22.9 Å². The lowest BCUT2D eigenvalue weighted by Gasteiger charge is -2.12. The van der Waals surface area contributed by atoms with Crippen molar-refractivity contribution in [2.45, 2.75) is 26.1 Å². The second kappa shape index (κ2) is 6.43. The molecular weight excluding hydrogens is 264 g/mol. The molecule has 1 aromatic heterocycles. The molecule has 0 aliphatic heterocycles. The van der Waals surface area contributed by atoms with Gasteiger partial charge >= 0.3 is 6.61 Å². The van der Waals surface area contributed by atoms with Gasteiger partial charge in [0.25, 0.3) is 0 Å². The molecule has 20 heavy (non-hydrogen) atoms. The highest BCUT2D eigenvalue weighted by molar-refractivity contribution is 5.30. The summed E-state index contributed by atoms with van der Waals surface area (Å²) < 4.78 is 28.6. The topological polar surface area (TPSA) is 42.4 Å². The summed E-state index contributed by atoms with van der Waals surface area (Å²) in [5.41, 5.74) is 2.30. The molecule has 0 saturated heterocycles. The van der Waals surface area contributed by atoms with Gasteiger partial charge in [-0.3, -0.25) is 4.98 Å². The first-order chi connectivity index (χ1) is 9.54. The van der Waals surface area contributed by atoms with Crippen LogP contribution in [0.2, 0.25) is 0 Å². The smallest absolute Gasteiger partial charge is 0.387 e. The van der Waals surface area contributed by atoms with E-state index in [4.69, 9.17) is 0 Å². The first kappa shape index (κ1) is 14.4. The largest absolute Gasteiger partial charge is 0.435 e. The highest BCUT2D eigenvalue weighted by atomic mass is 19.3. The lowest BCUT2D eigenvalue weighted by atomic mass is 10.0. The Balaban J connectivity index is 2.08. The van der Waals surface area contributed by atoms with Crippen molar-refractivity contribution in [2.24, 2.45) is 0 Å². The van der Waals surface area contributed by atoms with Crippen LogP contribution in [0, 0.1) is 6.92 Å². The summed E-state index contributed by atoms with van der Waals surface area (Å²) in [5.74, 6) is 0.0356. The van der Waals surface area contributed by atoms with Crippen molar-refractivity contribution in [3.05, 3.63) is 59.4 Å². The predicted molar refractivity (Wildman–Crippen MR) is 70.7 cm³/mol. The van der Waals surface area contributed by atoms with E-state index < -0.39 is 12.7 Å². The van der Waals surface area contributed by atoms with Crippen LogP contribution >= 0.6 is 0 Å². The Hall–Kier alpha value is -2.01. The molecule has 5 heteroatoms. The molecule has 0 aliphatic carbocycles. The fourth-order valence-corrected chi connectivity index (χ4v) is 1.83. The number of pyridine rings is 1. The molecule has 3 nitrogen and oxygen atoms in total. The van der Waals surface area contributed by atoms with E-state index in [1.54, 1.807) is 18.3 Å². The van der Waals surface area contributed by atoms with Gasteiger partial charge in [-0.2, -0.15) is 8.78 Å². The minimum absolute atomic E-state index is 0.0356. The van der Waals surface area contributed by atoms with Crippen LogP contribution in [0.4, 0.5) is 8.78 Å². The van der Waals surface area contributed by atoms with Crippen molar-refractivity contribution in [3.63, 3.8) is 0 Å². The minimum atomic E-state index is -2.87. The molecule has 1 unspecified atom stereocenters. The van der Waals surface area contributed by atoms with E-state index in [2.05, 4.69) is 9.72 Å². The molecule has 1 atom stereocenters. The summed E-state index contributed by atoms with van der Waals surface area (Å²) in [7, 11) is 0.